The number of nitrogens with one attached hydrogen (secondary N) is 2. The highest BCUT2D eigenvalue weighted by atomic mass is 16.5. The summed E-state index contributed by atoms with van der Waals surface area (Å²) in [5, 5.41) is 9.89. The van der Waals surface area contributed by atoms with Gasteiger partial charge >= 0.3 is 0 Å². The number of hydrogen-bond donors (Lipinski definition) is 3. The molecule has 4 heteroatoms. The Balaban J connectivity index is 1.95. The van der Waals surface area contributed by atoms with E-state index in [1.54, 1.807) is 6.07 Å². The topological polar surface area (TPSA) is 53.5 Å². The molecule has 0 bridgehead atoms. The van der Waals surface area contributed by atoms with Crippen LogP contribution in [0.15, 0.2) is 48.5 Å². The first kappa shape index (κ1) is 12.3. The maximum Gasteiger partial charge on any atom is 0.162 e. The van der Waals surface area contributed by atoms with Crippen LogP contribution in [0.4, 0.5) is 5.69 Å². The lowest BCUT2D eigenvalue weighted by Crippen LogP contribution is -2.20. The molecule has 0 atom stereocenters. The van der Waals surface area contributed by atoms with Gasteiger partial charge in [-0.15, -0.1) is 0 Å². The zero-order valence-corrected chi connectivity index (χ0v) is 10.2. The number of hydrazine groups is 1. The van der Waals surface area contributed by atoms with Crippen LogP contribution in [0.1, 0.15) is 5.56 Å². The van der Waals surface area contributed by atoms with Crippen LogP contribution in [0, 0.1) is 0 Å². The maximum absolute atomic E-state index is 9.89. The van der Waals surface area contributed by atoms with Crippen LogP contribution in [0.3, 0.4) is 0 Å². The summed E-state index contributed by atoms with van der Waals surface area (Å²) in [6.45, 7) is 0.498. The molecule has 0 aliphatic rings. The van der Waals surface area contributed by atoms with E-state index in [0.29, 0.717) is 12.3 Å². The van der Waals surface area contributed by atoms with Gasteiger partial charge in [0.1, 0.15) is 0 Å². The van der Waals surface area contributed by atoms with Crippen LogP contribution in [0.5, 0.6) is 11.5 Å². The van der Waals surface area contributed by atoms with Gasteiger partial charge in [0.2, 0.25) is 0 Å². The van der Waals surface area contributed by atoms with Gasteiger partial charge in [-0.2, -0.15) is 0 Å². The second-order valence-electron chi connectivity index (χ2n) is 3.81. The van der Waals surface area contributed by atoms with Crippen LogP contribution in [-0.4, -0.2) is 12.2 Å². The Morgan fingerprint density at radius 2 is 1.83 bits per heavy atom. The van der Waals surface area contributed by atoms with E-state index < -0.39 is 0 Å². The first-order chi connectivity index (χ1) is 8.81. The molecule has 2 rings (SSSR count). The molecule has 0 aliphatic carbocycles. The summed E-state index contributed by atoms with van der Waals surface area (Å²) in [6, 6.07) is 15.2. The normalized spacial score (nSPS) is 10.1. The van der Waals surface area contributed by atoms with Crippen molar-refractivity contribution in [2.75, 3.05) is 12.5 Å². The van der Waals surface area contributed by atoms with E-state index in [0.717, 1.165) is 11.3 Å². The number of phenols is 1. The Labute approximate surface area is 106 Å². The fraction of sp³-hybridized carbons (Fsp3) is 0.143. The van der Waals surface area contributed by atoms with Crippen molar-refractivity contribution in [3.05, 3.63) is 54.1 Å². The fourth-order valence-corrected chi connectivity index (χ4v) is 1.64. The molecule has 0 aromatic heterocycles. The van der Waals surface area contributed by atoms with E-state index in [1.807, 2.05) is 42.5 Å². The summed E-state index contributed by atoms with van der Waals surface area (Å²) in [7, 11) is 1.54. The highest BCUT2D eigenvalue weighted by Crippen LogP contribution is 2.28. The van der Waals surface area contributed by atoms with E-state index in [4.69, 9.17) is 4.74 Å². The fourth-order valence-electron chi connectivity index (χ4n) is 1.64. The van der Waals surface area contributed by atoms with Gasteiger partial charge in [-0.25, -0.2) is 5.43 Å². The molecule has 2 aromatic carbocycles. The molecule has 94 valence electrons. The average Bonchev–Trinajstić information content (AvgIpc) is 2.42. The van der Waals surface area contributed by atoms with Crippen molar-refractivity contribution in [3.63, 3.8) is 0 Å². The zero-order valence-electron chi connectivity index (χ0n) is 10.2. The van der Waals surface area contributed by atoms with Gasteiger partial charge in [0, 0.05) is 17.8 Å². The number of methoxy groups -OCH3 is 1. The third kappa shape index (κ3) is 2.93. The van der Waals surface area contributed by atoms with Crippen LogP contribution < -0.4 is 15.6 Å². The van der Waals surface area contributed by atoms with E-state index in [9.17, 15) is 5.11 Å². The molecule has 3 N–H and O–H groups in total. The van der Waals surface area contributed by atoms with Gasteiger partial charge in [-0.3, -0.25) is 0 Å². The second kappa shape index (κ2) is 5.93. The lowest BCUT2D eigenvalue weighted by Gasteiger charge is -2.11. The number of anilines is 1. The number of hydrogen-bond acceptors (Lipinski definition) is 4. The van der Waals surface area contributed by atoms with Crippen LogP contribution in [0.25, 0.3) is 0 Å². The summed E-state index contributed by atoms with van der Waals surface area (Å²) in [6.07, 6.45) is 0. The Morgan fingerprint density at radius 1 is 1.06 bits per heavy atom. The number of para-hydroxylation sites is 2. The molecule has 0 heterocycles. The summed E-state index contributed by atoms with van der Waals surface area (Å²) >= 11 is 0. The molecular formula is C14H16N2O2. The third-order valence-corrected chi connectivity index (χ3v) is 2.59. The quantitative estimate of drug-likeness (QED) is 0.707. The minimum atomic E-state index is 0.169. The van der Waals surface area contributed by atoms with Crippen molar-refractivity contribution in [3.8, 4) is 11.5 Å². The molecule has 2 aromatic rings. The molecule has 0 fully saturated rings. The summed E-state index contributed by atoms with van der Waals surface area (Å²) < 4.78 is 5.05. The van der Waals surface area contributed by atoms with Gasteiger partial charge in [-0.1, -0.05) is 30.3 Å². The largest absolute Gasteiger partial charge is 0.504 e. The lowest BCUT2D eigenvalue weighted by atomic mass is 10.2. The smallest absolute Gasteiger partial charge is 0.162 e. The molecule has 0 saturated heterocycles. The predicted octanol–water partition coefficient (Wildman–Crippen LogP) is 2.52. The summed E-state index contributed by atoms with van der Waals surface area (Å²) in [4.78, 5) is 0. The molecule has 0 saturated carbocycles. The zero-order chi connectivity index (χ0) is 12.8. The van der Waals surface area contributed by atoms with Crippen molar-refractivity contribution in [2.45, 2.75) is 6.54 Å². The number of rotatable bonds is 5. The van der Waals surface area contributed by atoms with Gasteiger partial charge in [0.05, 0.1) is 7.11 Å². The number of benzene rings is 2. The first-order valence-corrected chi connectivity index (χ1v) is 5.70. The number of aromatic hydroxyl groups is 1. The van der Waals surface area contributed by atoms with Crippen molar-refractivity contribution in [1.82, 2.24) is 5.43 Å². The SMILES string of the molecule is COc1cccc(CNNc2ccccc2)c1O. The van der Waals surface area contributed by atoms with E-state index in [1.165, 1.54) is 7.11 Å². The Hall–Kier alpha value is -2.20. The molecule has 18 heavy (non-hydrogen) atoms. The van der Waals surface area contributed by atoms with Gasteiger partial charge in [-0.05, 0) is 18.2 Å². The van der Waals surface area contributed by atoms with Gasteiger partial charge in [0.15, 0.2) is 11.5 Å². The molecule has 4 nitrogen and oxygen atoms in total. The minimum absolute atomic E-state index is 0.169. The molecule has 0 spiro atoms. The van der Waals surface area contributed by atoms with Crippen molar-refractivity contribution >= 4 is 5.69 Å². The minimum Gasteiger partial charge on any atom is -0.504 e. The number of ether oxygens (including phenoxy) is 1. The van der Waals surface area contributed by atoms with E-state index >= 15 is 0 Å². The first-order valence-electron chi connectivity index (χ1n) is 5.70. The average molecular weight is 244 g/mol. The molecule has 0 aliphatic heterocycles. The van der Waals surface area contributed by atoms with Crippen LogP contribution in [-0.2, 0) is 6.54 Å². The lowest BCUT2D eigenvalue weighted by molar-refractivity contribution is 0.370. The standard InChI is InChI=1S/C14H16N2O2/c1-18-13-9-5-6-11(14(13)17)10-15-16-12-7-3-2-4-8-12/h2-9,15-17H,10H2,1H3. The second-order valence-corrected chi connectivity index (χ2v) is 3.81. The Morgan fingerprint density at radius 3 is 2.56 bits per heavy atom. The molecule has 0 radical (unpaired) electrons. The third-order valence-electron chi connectivity index (χ3n) is 2.59. The maximum atomic E-state index is 9.89. The Bertz CT molecular complexity index is 500. The van der Waals surface area contributed by atoms with Crippen molar-refractivity contribution in [2.24, 2.45) is 0 Å². The molecule has 0 amide bonds. The summed E-state index contributed by atoms with van der Waals surface area (Å²) in [5.74, 6) is 0.649. The van der Waals surface area contributed by atoms with Crippen molar-refractivity contribution in [1.29, 1.82) is 0 Å². The van der Waals surface area contributed by atoms with Crippen LogP contribution in [0.2, 0.25) is 0 Å². The van der Waals surface area contributed by atoms with Gasteiger partial charge in [0.25, 0.3) is 0 Å². The van der Waals surface area contributed by atoms with Crippen molar-refractivity contribution < 1.29 is 9.84 Å². The van der Waals surface area contributed by atoms with Crippen LogP contribution >= 0.6 is 0 Å². The highest BCUT2D eigenvalue weighted by Gasteiger charge is 2.06. The van der Waals surface area contributed by atoms with Gasteiger partial charge < -0.3 is 15.3 Å². The highest BCUT2D eigenvalue weighted by molar-refractivity contribution is 5.46. The predicted molar refractivity (Wildman–Crippen MR) is 71.6 cm³/mol. The Kier molecular flexibility index (Phi) is 4.04. The molecular weight excluding hydrogens is 228 g/mol. The molecule has 0 unspecified atom stereocenters. The summed E-state index contributed by atoms with van der Waals surface area (Å²) in [5.41, 5.74) is 7.85. The van der Waals surface area contributed by atoms with E-state index in [-0.39, 0.29) is 5.75 Å². The van der Waals surface area contributed by atoms with E-state index in [2.05, 4.69) is 10.9 Å². The number of phenolic OH excluding ortho intramolecular Hbond substituents is 1. The monoisotopic (exact) mass is 244 g/mol.